The van der Waals surface area contributed by atoms with Gasteiger partial charge in [0.05, 0.1) is 18.1 Å². The molecular formula is C9H8BrF2N3. The predicted molar refractivity (Wildman–Crippen MR) is 55.6 cm³/mol. The first-order valence-corrected chi connectivity index (χ1v) is 5.21. The molecule has 0 aliphatic carbocycles. The third kappa shape index (κ3) is 2.42. The first-order chi connectivity index (χ1) is 7.11. The molecule has 1 rings (SSSR count). The van der Waals surface area contributed by atoms with Crippen LogP contribution in [-0.2, 0) is 11.8 Å². The fraction of sp³-hybridized carbons (Fsp3) is 0.333. The van der Waals surface area contributed by atoms with Gasteiger partial charge in [0.2, 0.25) is 0 Å². The highest BCUT2D eigenvalue weighted by atomic mass is 79.9. The maximum absolute atomic E-state index is 12.7. The summed E-state index contributed by atoms with van der Waals surface area (Å²) in [6.07, 6.45) is -1.39. The summed E-state index contributed by atoms with van der Waals surface area (Å²) in [6, 6.07) is 1.84. The van der Waals surface area contributed by atoms with Gasteiger partial charge in [-0.15, -0.1) is 0 Å². The van der Waals surface area contributed by atoms with Gasteiger partial charge in [0.25, 0.3) is 6.43 Å². The zero-order valence-electron chi connectivity index (χ0n) is 7.67. The summed E-state index contributed by atoms with van der Waals surface area (Å²) in [5.74, 6) is -0.208. The standard InChI is InChI=1S/C9H8BrF2N3/c10-3-5-4-15-9(14)7(8(11)12)6(5)1-2-13/h4,8H,1,3H2,(H2,14,15). The number of hydrogen-bond acceptors (Lipinski definition) is 3. The average molecular weight is 276 g/mol. The molecule has 0 saturated carbocycles. The molecule has 0 radical (unpaired) electrons. The lowest BCUT2D eigenvalue weighted by Gasteiger charge is -2.11. The summed E-state index contributed by atoms with van der Waals surface area (Å²) in [5, 5.41) is 8.94. The van der Waals surface area contributed by atoms with E-state index in [0.29, 0.717) is 10.9 Å². The molecule has 0 amide bonds. The topological polar surface area (TPSA) is 62.7 Å². The molecule has 3 nitrogen and oxygen atoms in total. The Morgan fingerprint density at radius 3 is 2.73 bits per heavy atom. The number of nitrogen functional groups attached to an aromatic ring is 1. The Balaban J connectivity index is 3.38. The number of pyridine rings is 1. The van der Waals surface area contributed by atoms with E-state index in [0.717, 1.165) is 0 Å². The van der Waals surface area contributed by atoms with Crippen molar-refractivity contribution in [3.05, 3.63) is 22.9 Å². The van der Waals surface area contributed by atoms with Crippen molar-refractivity contribution in [3.63, 3.8) is 0 Å². The second-order valence-electron chi connectivity index (χ2n) is 2.83. The summed E-state index contributed by atoms with van der Waals surface area (Å²) in [7, 11) is 0. The van der Waals surface area contributed by atoms with E-state index in [2.05, 4.69) is 20.9 Å². The third-order valence-electron chi connectivity index (χ3n) is 1.97. The maximum Gasteiger partial charge on any atom is 0.267 e. The van der Waals surface area contributed by atoms with Crippen LogP contribution in [0.2, 0.25) is 0 Å². The van der Waals surface area contributed by atoms with Gasteiger partial charge in [0.1, 0.15) is 5.82 Å². The monoisotopic (exact) mass is 275 g/mol. The number of halogens is 3. The van der Waals surface area contributed by atoms with Crippen LogP contribution in [0.5, 0.6) is 0 Å². The second kappa shape index (κ2) is 5.03. The van der Waals surface area contributed by atoms with E-state index in [1.807, 2.05) is 6.07 Å². The average Bonchev–Trinajstić information content (AvgIpc) is 2.18. The lowest BCUT2D eigenvalue weighted by atomic mass is 10.0. The normalized spacial score (nSPS) is 10.3. The van der Waals surface area contributed by atoms with Crippen molar-refractivity contribution >= 4 is 21.7 Å². The molecule has 2 N–H and O–H groups in total. The minimum absolute atomic E-state index is 0.0900. The van der Waals surface area contributed by atoms with Gasteiger partial charge in [-0.05, 0) is 11.1 Å². The van der Waals surface area contributed by atoms with E-state index >= 15 is 0 Å². The van der Waals surface area contributed by atoms with Crippen molar-refractivity contribution in [2.24, 2.45) is 0 Å². The Labute approximate surface area is 94.0 Å². The van der Waals surface area contributed by atoms with Gasteiger partial charge in [0, 0.05) is 11.5 Å². The molecule has 1 heterocycles. The van der Waals surface area contributed by atoms with Crippen molar-refractivity contribution in [2.75, 3.05) is 5.73 Å². The highest BCUT2D eigenvalue weighted by molar-refractivity contribution is 9.08. The van der Waals surface area contributed by atoms with Crippen LogP contribution in [-0.4, -0.2) is 4.98 Å². The molecule has 0 unspecified atom stereocenters. The van der Waals surface area contributed by atoms with Gasteiger partial charge in [-0.25, -0.2) is 13.8 Å². The van der Waals surface area contributed by atoms with Crippen LogP contribution in [0, 0.1) is 11.3 Å². The van der Waals surface area contributed by atoms with Crippen LogP contribution < -0.4 is 5.73 Å². The quantitative estimate of drug-likeness (QED) is 0.863. The molecule has 1 aromatic rings. The number of alkyl halides is 3. The fourth-order valence-electron chi connectivity index (χ4n) is 1.27. The summed E-state index contributed by atoms with van der Waals surface area (Å²) < 4.78 is 25.4. The first-order valence-electron chi connectivity index (χ1n) is 4.09. The van der Waals surface area contributed by atoms with Gasteiger partial charge >= 0.3 is 0 Å². The molecule has 0 saturated heterocycles. The van der Waals surface area contributed by atoms with Crippen molar-refractivity contribution < 1.29 is 8.78 Å². The minimum atomic E-state index is -2.71. The number of nitrogens with zero attached hydrogens (tertiary/aromatic N) is 2. The Morgan fingerprint density at radius 1 is 1.60 bits per heavy atom. The predicted octanol–water partition coefficient (Wildman–Crippen LogP) is 2.56. The van der Waals surface area contributed by atoms with Crippen LogP contribution in [0.15, 0.2) is 6.20 Å². The molecule has 0 aliphatic heterocycles. The van der Waals surface area contributed by atoms with Gasteiger partial charge in [0.15, 0.2) is 0 Å². The van der Waals surface area contributed by atoms with Crippen molar-refractivity contribution in [2.45, 2.75) is 18.2 Å². The second-order valence-corrected chi connectivity index (χ2v) is 3.39. The lowest BCUT2D eigenvalue weighted by Crippen LogP contribution is -2.06. The third-order valence-corrected chi connectivity index (χ3v) is 2.57. The molecule has 0 aliphatic rings. The smallest absolute Gasteiger partial charge is 0.267 e. The van der Waals surface area contributed by atoms with Crippen molar-refractivity contribution in [1.29, 1.82) is 5.26 Å². The Morgan fingerprint density at radius 2 is 2.27 bits per heavy atom. The molecule has 15 heavy (non-hydrogen) atoms. The number of nitriles is 1. The fourth-order valence-corrected chi connectivity index (χ4v) is 1.75. The van der Waals surface area contributed by atoms with Crippen LogP contribution in [0.25, 0.3) is 0 Å². The van der Waals surface area contributed by atoms with Crippen LogP contribution in [0.3, 0.4) is 0 Å². The van der Waals surface area contributed by atoms with Crippen LogP contribution >= 0.6 is 15.9 Å². The summed E-state index contributed by atoms with van der Waals surface area (Å²) in [4.78, 5) is 3.67. The Kier molecular flexibility index (Phi) is 3.97. The van der Waals surface area contributed by atoms with Gasteiger partial charge < -0.3 is 5.73 Å². The summed E-state index contributed by atoms with van der Waals surface area (Å²) >= 11 is 3.15. The molecule has 0 aromatic carbocycles. The number of anilines is 1. The van der Waals surface area contributed by atoms with E-state index in [1.54, 1.807) is 0 Å². The van der Waals surface area contributed by atoms with E-state index in [4.69, 9.17) is 11.0 Å². The van der Waals surface area contributed by atoms with E-state index in [9.17, 15) is 8.78 Å². The largest absolute Gasteiger partial charge is 0.383 e. The number of rotatable bonds is 3. The van der Waals surface area contributed by atoms with E-state index in [1.165, 1.54) is 6.20 Å². The highest BCUT2D eigenvalue weighted by Crippen LogP contribution is 2.30. The minimum Gasteiger partial charge on any atom is -0.383 e. The Bertz CT molecular complexity index is 401. The first kappa shape index (κ1) is 11.9. The van der Waals surface area contributed by atoms with E-state index in [-0.39, 0.29) is 23.4 Å². The molecule has 1 aromatic heterocycles. The molecule has 6 heteroatoms. The zero-order chi connectivity index (χ0) is 11.4. The summed E-state index contributed by atoms with van der Waals surface area (Å²) in [6.45, 7) is 0. The zero-order valence-corrected chi connectivity index (χ0v) is 9.26. The van der Waals surface area contributed by atoms with Crippen LogP contribution in [0.1, 0.15) is 23.1 Å². The SMILES string of the molecule is N#CCc1c(CBr)cnc(N)c1C(F)F. The molecule has 0 atom stereocenters. The molecule has 0 spiro atoms. The van der Waals surface area contributed by atoms with E-state index < -0.39 is 6.43 Å². The van der Waals surface area contributed by atoms with Gasteiger partial charge in [-0.1, -0.05) is 15.9 Å². The number of aromatic nitrogens is 1. The van der Waals surface area contributed by atoms with Crippen molar-refractivity contribution in [3.8, 4) is 6.07 Å². The van der Waals surface area contributed by atoms with Crippen molar-refractivity contribution in [1.82, 2.24) is 4.98 Å². The maximum atomic E-state index is 12.7. The highest BCUT2D eigenvalue weighted by Gasteiger charge is 2.20. The molecule has 80 valence electrons. The molecule has 0 bridgehead atoms. The number of nitrogens with two attached hydrogens (primary N) is 1. The Hall–Kier alpha value is -1.22. The molecular weight excluding hydrogens is 268 g/mol. The summed E-state index contributed by atoms with van der Waals surface area (Å²) in [5.41, 5.74) is 5.88. The number of hydrogen-bond donors (Lipinski definition) is 1. The van der Waals surface area contributed by atoms with Crippen LogP contribution in [0.4, 0.5) is 14.6 Å². The molecule has 0 fully saturated rings. The van der Waals surface area contributed by atoms with Gasteiger partial charge in [-0.2, -0.15) is 5.26 Å². The lowest BCUT2D eigenvalue weighted by molar-refractivity contribution is 0.151. The van der Waals surface area contributed by atoms with Gasteiger partial charge in [-0.3, -0.25) is 0 Å².